The Kier molecular flexibility index (Phi) is 9.55. The van der Waals surface area contributed by atoms with Gasteiger partial charge in [-0.05, 0) is 26.7 Å². The van der Waals surface area contributed by atoms with Crippen LogP contribution in [0.25, 0.3) is 11.2 Å². The summed E-state index contributed by atoms with van der Waals surface area (Å²) in [5, 5.41) is 11.0. The number of hydrogen-bond donors (Lipinski definition) is 1. The van der Waals surface area contributed by atoms with Crippen molar-refractivity contribution < 1.29 is 18.2 Å². The van der Waals surface area contributed by atoms with Crippen LogP contribution in [0.1, 0.15) is 39.8 Å². The van der Waals surface area contributed by atoms with E-state index < -0.39 is 34.5 Å². The molecule has 0 aliphatic carbocycles. The minimum Gasteiger partial charge on any atom is -0.405 e. The molecule has 4 atom stereocenters. The molecule has 1 aliphatic rings. The van der Waals surface area contributed by atoms with Gasteiger partial charge in [0.15, 0.2) is 11.2 Å². The molecule has 220 valence electrons. The Morgan fingerprint density at radius 1 is 1.14 bits per heavy atom. The minimum atomic E-state index is -2.86. The molecule has 1 fully saturated rings. The molecule has 0 spiro atoms. The molecule has 10 nitrogen and oxygen atoms in total. The van der Waals surface area contributed by atoms with E-state index in [0.29, 0.717) is 12.1 Å². The lowest BCUT2D eigenvalue weighted by molar-refractivity contribution is -0.0357. The monoisotopic (exact) mass is 625 g/mol. The fourth-order valence-electron chi connectivity index (χ4n) is 5.47. The number of aromatic nitrogens is 4. The largest absolute Gasteiger partial charge is 0.405 e. The molecule has 1 N–H and O–H groups in total. The third-order valence-corrected chi connectivity index (χ3v) is 13.7. The van der Waals surface area contributed by atoms with E-state index in [2.05, 4.69) is 60.0 Å². The van der Waals surface area contributed by atoms with Gasteiger partial charge in [0.2, 0.25) is 0 Å². The molecule has 0 radical (unpaired) electrons. The van der Waals surface area contributed by atoms with Crippen molar-refractivity contribution in [2.45, 2.75) is 57.1 Å². The van der Waals surface area contributed by atoms with Crippen LogP contribution in [0.5, 0.6) is 0 Å². The van der Waals surface area contributed by atoms with Crippen LogP contribution >= 0.6 is 19.0 Å². The molecule has 3 heterocycles. The van der Waals surface area contributed by atoms with Crippen molar-refractivity contribution in [1.29, 1.82) is 5.26 Å². The predicted molar refractivity (Wildman–Crippen MR) is 164 cm³/mol. The summed E-state index contributed by atoms with van der Waals surface area (Å²) in [6.45, 7) is 7.05. The lowest BCUT2D eigenvalue weighted by Gasteiger charge is -2.43. The topological polar surface area (TPSA) is 124 Å². The maximum atomic E-state index is 12.3. The summed E-state index contributed by atoms with van der Waals surface area (Å²) in [6.07, 6.45) is 1.98. The Bertz CT molecular complexity index is 1540. The van der Waals surface area contributed by atoms with E-state index in [-0.39, 0.29) is 35.7 Å². The zero-order valence-corrected chi connectivity index (χ0v) is 26.3. The van der Waals surface area contributed by atoms with Crippen LogP contribution in [0.15, 0.2) is 78.1 Å². The van der Waals surface area contributed by atoms with Gasteiger partial charge in [0, 0.05) is 6.42 Å². The highest BCUT2D eigenvalue weighted by molar-refractivity contribution is 7.76. The van der Waals surface area contributed by atoms with Crippen LogP contribution in [0.2, 0.25) is 5.04 Å². The van der Waals surface area contributed by atoms with Gasteiger partial charge in [0.1, 0.15) is 12.3 Å². The Hall–Kier alpha value is -2.94. The molecule has 0 amide bonds. The number of ether oxygens (including phenoxy) is 1. The van der Waals surface area contributed by atoms with Gasteiger partial charge in [0.25, 0.3) is 21.6 Å². The number of hydrogen-bond acceptors (Lipinski definition) is 8. The maximum absolute atomic E-state index is 12.3. The van der Waals surface area contributed by atoms with Gasteiger partial charge in [-0.1, -0.05) is 81.4 Å². The molecule has 2 aromatic heterocycles. The van der Waals surface area contributed by atoms with Crippen molar-refractivity contribution in [2.75, 3.05) is 13.2 Å². The molecule has 4 aromatic rings. The average Bonchev–Trinajstić information content (AvgIpc) is 3.59. The van der Waals surface area contributed by atoms with Crippen LogP contribution in [0.4, 0.5) is 0 Å². The number of nitriles is 1. The average molecular weight is 626 g/mol. The smallest absolute Gasteiger partial charge is 0.278 e. The number of nitrogens with one attached hydrogen (secondary N) is 1. The van der Waals surface area contributed by atoms with E-state index in [1.165, 1.54) is 6.33 Å². The second kappa shape index (κ2) is 13.1. The molecule has 13 heteroatoms. The van der Waals surface area contributed by atoms with E-state index in [9.17, 15) is 4.79 Å². The standard InChI is InChI=1S/C29H33ClN5O5PSi/c1-29(2,3)42(21-11-6-4-7-12-21,22-13-8-5-9-14-22)38-18-24-23(40-41(30)37-16-10-15-31)17-25(39-24)35-20-34-26-27(35)32-19-33-28(26)36/h4-9,11-14,19-20,23-25H,10,16-18H2,1-3H3,(H,32,33,36)/t23-,24+,25+,41?/m0/s1. The minimum absolute atomic E-state index is 0.171. The van der Waals surface area contributed by atoms with E-state index in [1.54, 1.807) is 10.9 Å². The van der Waals surface area contributed by atoms with E-state index >= 15 is 0 Å². The summed E-state index contributed by atoms with van der Waals surface area (Å²) in [5.41, 5.74) is 0.311. The van der Waals surface area contributed by atoms with Gasteiger partial charge in [-0.25, -0.2) is 9.97 Å². The van der Waals surface area contributed by atoms with Crippen LogP contribution in [-0.2, 0) is 18.2 Å². The molecule has 1 saturated heterocycles. The predicted octanol–water partition coefficient (Wildman–Crippen LogP) is 4.76. The Morgan fingerprint density at radius 2 is 1.81 bits per heavy atom. The highest BCUT2D eigenvalue weighted by atomic mass is 35.7. The fourth-order valence-corrected chi connectivity index (χ4v) is 11.3. The number of fused-ring (bicyclic) bond motifs is 1. The molecular weight excluding hydrogens is 593 g/mol. The summed E-state index contributed by atoms with van der Waals surface area (Å²) in [5.74, 6) is 0. The SMILES string of the molecule is CC(C)(C)[Si](OC[C@H]1O[C@@H](n2cnc3c(=O)[nH]cnc32)C[C@@H]1OP(Cl)OCCC#N)(c1ccccc1)c1ccccc1. The number of aromatic amines is 1. The lowest BCUT2D eigenvalue weighted by atomic mass is 10.2. The van der Waals surface area contributed by atoms with Crippen molar-refractivity contribution in [2.24, 2.45) is 0 Å². The summed E-state index contributed by atoms with van der Waals surface area (Å²) in [6, 6.07) is 22.8. The zero-order valence-electron chi connectivity index (χ0n) is 23.6. The molecule has 2 aromatic carbocycles. The summed E-state index contributed by atoms with van der Waals surface area (Å²) in [4.78, 5) is 23.4. The number of halogens is 1. The Labute approximate surface area is 251 Å². The number of nitrogens with zero attached hydrogens (tertiary/aromatic N) is 4. The molecule has 0 saturated carbocycles. The van der Waals surface area contributed by atoms with Crippen LogP contribution in [0.3, 0.4) is 0 Å². The summed E-state index contributed by atoms with van der Waals surface area (Å²) < 4.78 is 27.2. The van der Waals surface area contributed by atoms with Crippen molar-refractivity contribution in [3.05, 3.63) is 83.7 Å². The lowest BCUT2D eigenvalue weighted by Crippen LogP contribution is -2.67. The number of benzene rings is 2. The third-order valence-electron chi connectivity index (χ3n) is 7.36. The van der Waals surface area contributed by atoms with Crippen LogP contribution in [-0.4, -0.2) is 53.3 Å². The quantitative estimate of drug-likeness (QED) is 0.144. The number of H-pyrrole nitrogens is 1. The first kappa shape index (κ1) is 30.5. The maximum Gasteiger partial charge on any atom is 0.278 e. The van der Waals surface area contributed by atoms with Gasteiger partial charge in [-0.2, -0.15) is 5.26 Å². The van der Waals surface area contributed by atoms with Crippen molar-refractivity contribution in [3.63, 3.8) is 0 Å². The van der Waals surface area contributed by atoms with Crippen LogP contribution in [0, 0.1) is 11.3 Å². The van der Waals surface area contributed by atoms with E-state index in [0.717, 1.165) is 10.4 Å². The molecule has 0 bridgehead atoms. The molecule has 1 aliphatic heterocycles. The molecule has 42 heavy (non-hydrogen) atoms. The second-order valence-electron chi connectivity index (χ2n) is 11.0. The van der Waals surface area contributed by atoms with Gasteiger partial charge in [-0.3, -0.25) is 9.36 Å². The number of rotatable bonds is 11. The third kappa shape index (κ3) is 6.21. The van der Waals surface area contributed by atoms with Gasteiger partial charge >= 0.3 is 0 Å². The van der Waals surface area contributed by atoms with Crippen molar-refractivity contribution >= 4 is 48.8 Å². The highest BCUT2D eigenvalue weighted by Gasteiger charge is 2.51. The molecular formula is C29H33ClN5O5PSi. The normalized spacial score (nSPS) is 20.0. The Morgan fingerprint density at radius 3 is 2.43 bits per heavy atom. The van der Waals surface area contributed by atoms with Crippen molar-refractivity contribution in [1.82, 2.24) is 19.5 Å². The van der Waals surface area contributed by atoms with E-state index in [1.807, 2.05) is 42.5 Å². The number of imidazole rings is 1. The zero-order chi connectivity index (χ0) is 29.7. The molecule has 5 rings (SSSR count). The first-order valence-electron chi connectivity index (χ1n) is 13.7. The summed E-state index contributed by atoms with van der Waals surface area (Å²) >= 11 is 6.45. The first-order chi connectivity index (χ1) is 20.2. The van der Waals surface area contributed by atoms with E-state index in [4.69, 9.17) is 34.7 Å². The van der Waals surface area contributed by atoms with Gasteiger partial charge in [0.05, 0.1) is 44.5 Å². The van der Waals surface area contributed by atoms with Crippen molar-refractivity contribution in [3.8, 4) is 6.07 Å². The second-order valence-corrected chi connectivity index (χ2v) is 17.0. The van der Waals surface area contributed by atoms with Crippen LogP contribution < -0.4 is 15.9 Å². The summed E-state index contributed by atoms with van der Waals surface area (Å²) in [7, 11) is -4.65. The fraction of sp³-hybridized carbons (Fsp3) is 0.379. The molecule has 1 unspecified atom stereocenters. The van der Waals surface area contributed by atoms with Gasteiger partial charge < -0.3 is 23.2 Å². The van der Waals surface area contributed by atoms with Gasteiger partial charge in [-0.15, -0.1) is 0 Å². The highest BCUT2D eigenvalue weighted by Crippen LogP contribution is 2.49. The Balaban J connectivity index is 1.47. The first-order valence-corrected chi connectivity index (χ1v) is 17.7.